The second-order valence-electron chi connectivity index (χ2n) is 4.22. The largest absolute Gasteiger partial charge is 0.0874 e. The Labute approximate surface area is 99.7 Å². The van der Waals surface area contributed by atoms with Gasteiger partial charge < -0.3 is 0 Å². The third-order valence-corrected chi connectivity index (χ3v) is 2.95. The molecule has 0 heterocycles. The van der Waals surface area contributed by atoms with Gasteiger partial charge in [0.2, 0.25) is 0 Å². The summed E-state index contributed by atoms with van der Waals surface area (Å²) in [5.74, 6) is 0. The smallest absolute Gasteiger partial charge is 0.0193 e. The van der Waals surface area contributed by atoms with Crippen molar-refractivity contribution in [3.63, 3.8) is 0 Å². The van der Waals surface area contributed by atoms with Gasteiger partial charge in [-0.05, 0) is 49.5 Å². The van der Waals surface area contributed by atoms with Crippen LogP contribution in [-0.4, -0.2) is 0 Å². The molecule has 0 aliphatic carbocycles. The van der Waals surface area contributed by atoms with Crippen LogP contribution >= 0.6 is 0 Å². The van der Waals surface area contributed by atoms with E-state index in [0.29, 0.717) is 0 Å². The van der Waals surface area contributed by atoms with Crippen LogP contribution < -0.4 is 0 Å². The molecular formula is C16H22. The third kappa shape index (κ3) is 3.10. The van der Waals surface area contributed by atoms with Crippen molar-refractivity contribution < 1.29 is 0 Å². The molecule has 0 atom stereocenters. The van der Waals surface area contributed by atoms with Crippen molar-refractivity contribution in [3.8, 4) is 0 Å². The van der Waals surface area contributed by atoms with Gasteiger partial charge in [-0.15, -0.1) is 0 Å². The summed E-state index contributed by atoms with van der Waals surface area (Å²) in [6.45, 7) is 8.69. The molecule has 0 spiro atoms. The molecule has 0 saturated carbocycles. The number of allylic oxidation sites excluding steroid dienone is 4. The third-order valence-electron chi connectivity index (χ3n) is 2.95. The predicted molar refractivity (Wildman–Crippen MR) is 73.5 cm³/mol. The minimum Gasteiger partial charge on any atom is -0.0874 e. The molecule has 0 unspecified atom stereocenters. The highest BCUT2D eigenvalue weighted by Crippen LogP contribution is 2.23. The average molecular weight is 214 g/mol. The topological polar surface area (TPSA) is 0 Å². The van der Waals surface area contributed by atoms with Crippen LogP contribution in [0, 0.1) is 0 Å². The van der Waals surface area contributed by atoms with E-state index >= 15 is 0 Å². The first-order chi connectivity index (χ1) is 7.70. The molecule has 0 aliphatic heterocycles. The van der Waals surface area contributed by atoms with E-state index in [1.807, 2.05) is 0 Å². The Morgan fingerprint density at radius 1 is 1.19 bits per heavy atom. The molecule has 0 fully saturated rings. The highest BCUT2D eigenvalue weighted by atomic mass is 14.1. The van der Waals surface area contributed by atoms with Crippen LogP contribution in [0.2, 0.25) is 0 Å². The highest BCUT2D eigenvalue weighted by Gasteiger charge is 2.04. The van der Waals surface area contributed by atoms with Crippen LogP contribution in [0.15, 0.2) is 42.0 Å². The van der Waals surface area contributed by atoms with Crippen LogP contribution in [0.3, 0.4) is 0 Å². The van der Waals surface area contributed by atoms with Crippen LogP contribution in [0.5, 0.6) is 0 Å². The summed E-state index contributed by atoms with van der Waals surface area (Å²) < 4.78 is 0. The van der Waals surface area contributed by atoms with Crippen LogP contribution in [0.25, 0.3) is 5.57 Å². The van der Waals surface area contributed by atoms with Crippen molar-refractivity contribution in [2.24, 2.45) is 0 Å². The molecule has 0 amide bonds. The molecule has 0 aromatic heterocycles. The fraction of sp³-hybridized carbons (Fsp3) is 0.375. The Morgan fingerprint density at radius 3 is 2.50 bits per heavy atom. The number of rotatable bonds is 4. The van der Waals surface area contributed by atoms with Gasteiger partial charge in [0.1, 0.15) is 0 Å². The molecule has 0 heteroatoms. The molecule has 86 valence electrons. The van der Waals surface area contributed by atoms with E-state index < -0.39 is 0 Å². The molecule has 1 aromatic carbocycles. The van der Waals surface area contributed by atoms with E-state index in [4.69, 9.17) is 0 Å². The summed E-state index contributed by atoms with van der Waals surface area (Å²) in [6, 6.07) is 8.73. The number of hydrogen-bond acceptors (Lipinski definition) is 0. The maximum absolute atomic E-state index is 2.24. The molecule has 0 saturated heterocycles. The maximum atomic E-state index is 2.24. The summed E-state index contributed by atoms with van der Waals surface area (Å²) in [5, 5.41) is 0. The van der Waals surface area contributed by atoms with E-state index in [2.05, 4.69) is 64.1 Å². The van der Waals surface area contributed by atoms with Gasteiger partial charge in [-0.25, -0.2) is 0 Å². The molecule has 0 radical (unpaired) electrons. The number of aryl methyl sites for hydroxylation is 1. The zero-order chi connectivity index (χ0) is 12.0. The van der Waals surface area contributed by atoms with E-state index in [-0.39, 0.29) is 0 Å². The normalized spacial score (nSPS) is 13.0. The lowest BCUT2D eigenvalue weighted by Crippen LogP contribution is -1.92. The molecule has 0 aliphatic rings. The van der Waals surface area contributed by atoms with E-state index in [1.165, 1.54) is 28.7 Å². The Morgan fingerprint density at radius 2 is 1.88 bits per heavy atom. The lowest BCUT2D eigenvalue weighted by Gasteiger charge is -2.11. The van der Waals surface area contributed by atoms with Gasteiger partial charge in [-0.2, -0.15) is 0 Å². The van der Waals surface area contributed by atoms with Crippen molar-refractivity contribution in [2.45, 2.75) is 40.5 Å². The predicted octanol–water partition coefficient (Wildman–Crippen LogP) is 5.01. The molecule has 0 nitrogen and oxygen atoms in total. The monoisotopic (exact) mass is 214 g/mol. The summed E-state index contributed by atoms with van der Waals surface area (Å²) in [5.41, 5.74) is 5.61. The van der Waals surface area contributed by atoms with Crippen molar-refractivity contribution in [1.82, 2.24) is 0 Å². The molecular weight excluding hydrogens is 192 g/mol. The van der Waals surface area contributed by atoms with Crippen LogP contribution in [0.1, 0.15) is 45.2 Å². The standard InChI is InChI=1S/C16H22/c1-5-9-13(3)14(4)16-12-8-7-11-15(16)10-6-2/h5,7-9,11-12H,6,10H2,1-4H3/b9-5-,14-13+. The highest BCUT2D eigenvalue weighted by molar-refractivity contribution is 5.71. The number of benzene rings is 1. The molecule has 1 rings (SSSR count). The van der Waals surface area contributed by atoms with Crippen LogP contribution in [-0.2, 0) is 6.42 Å². The summed E-state index contributed by atoms with van der Waals surface area (Å²) in [4.78, 5) is 0. The fourth-order valence-electron chi connectivity index (χ4n) is 1.96. The minimum atomic E-state index is 1.16. The molecule has 1 aromatic rings. The Balaban J connectivity index is 3.16. The SMILES string of the molecule is C/C=C\C(C)=C(/C)c1ccccc1CCC. The van der Waals surface area contributed by atoms with Crippen molar-refractivity contribution in [3.05, 3.63) is 53.1 Å². The molecule has 0 bridgehead atoms. The summed E-state index contributed by atoms with van der Waals surface area (Å²) >= 11 is 0. The lowest BCUT2D eigenvalue weighted by atomic mass is 9.95. The van der Waals surface area contributed by atoms with Gasteiger partial charge in [0, 0.05) is 0 Å². The zero-order valence-corrected chi connectivity index (χ0v) is 10.9. The lowest BCUT2D eigenvalue weighted by molar-refractivity contribution is 0.918. The minimum absolute atomic E-state index is 1.16. The second-order valence-corrected chi connectivity index (χ2v) is 4.22. The first-order valence-corrected chi connectivity index (χ1v) is 6.09. The Kier molecular flexibility index (Phi) is 5.04. The van der Waals surface area contributed by atoms with E-state index in [1.54, 1.807) is 0 Å². The van der Waals surface area contributed by atoms with Crippen LogP contribution in [0.4, 0.5) is 0 Å². The van der Waals surface area contributed by atoms with Gasteiger partial charge in [0.25, 0.3) is 0 Å². The Hall–Kier alpha value is -1.30. The first-order valence-electron chi connectivity index (χ1n) is 6.09. The summed E-state index contributed by atoms with van der Waals surface area (Å²) in [6.07, 6.45) is 6.64. The average Bonchev–Trinajstić information content (AvgIpc) is 2.29. The summed E-state index contributed by atoms with van der Waals surface area (Å²) in [7, 11) is 0. The zero-order valence-electron chi connectivity index (χ0n) is 10.9. The van der Waals surface area contributed by atoms with Crippen molar-refractivity contribution in [1.29, 1.82) is 0 Å². The maximum Gasteiger partial charge on any atom is -0.0193 e. The van der Waals surface area contributed by atoms with E-state index in [0.717, 1.165) is 6.42 Å². The quantitative estimate of drug-likeness (QED) is 0.618. The van der Waals surface area contributed by atoms with Crippen molar-refractivity contribution >= 4 is 5.57 Å². The number of hydrogen-bond donors (Lipinski definition) is 0. The van der Waals surface area contributed by atoms with Gasteiger partial charge in [-0.1, -0.05) is 49.8 Å². The van der Waals surface area contributed by atoms with Crippen molar-refractivity contribution in [2.75, 3.05) is 0 Å². The molecule has 16 heavy (non-hydrogen) atoms. The van der Waals surface area contributed by atoms with Gasteiger partial charge >= 0.3 is 0 Å². The van der Waals surface area contributed by atoms with Gasteiger partial charge in [0.05, 0.1) is 0 Å². The molecule has 0 N–H and O–H groups in total. The Bertz CT molecular complexity index is 394. The second kappa shape index (κ2) is 6.32. The van der Waals surface area contributed by atoms with Gasteiger partial charge in [0.15, 0.2) is 0 Å². The first kappa shape index (κ1) is 12.8. The fourth-order valence-corrected chi connectivity index (χ4v) is 1.96. The van der Waals surface area contributed by atoms with E-state index in [9.17, 15) is 0 Å². The van der Waals surface area contributed by atoms with Gasteiger partial charge in [-0.3, -0.25) is 0 Å².